The number of methoxy groups -OCH3 is 1. The van der Waals surface area contributed by atoms with Gasteiger partial charge in [-0.05, 0) is 30.3 Å². The van der Waals surface area contributed by atoms with Crippen molar-refractivity contribution in [2.45, 2.75) is 4.90 Å². The lowest BCUT2D eigenvalue weighted by molar-refractivity contribution is -0.116. The highest BCUT2D eigenvalue weighted by molar-refractivity contribution is 7.89. The topological polar surface area (TPSA) is 75.7 Å². The molecule has 128 valence electrons. The summed E-state index contributed by atoms with van der Waals surface area (Å²) in [4.78, 5) is 12.2. The maximum atomic E-state index is 12.4. The summed E-state index contributed by atoms with van der Waals surface area (Å²) in [5, 5.41) is 2.95. The predicted octanol–water partition coefficient (Wildman–Crippen LogP) is 2.61. The van der Waals surface area contributed by atoms with Crippen molar-refractivity contribution in [1.82, 2.24) is 4.31 Å². The smallest absolute Gasteiger partial charge is 0.243 e. The van der Waals surface area contributed by atoms with Gasteiger partial charge in [0.25, 0.3) is 0 Å². The predicted molar refractivity (Wildman–Crippen MR) is 92.9 cm³/mol. The van der Waals surface area contributed by atoms with Gasteiger partial charge in [0.15, 0.2) is 0 Å². The first-order valence-corrected chi connectivity index (χ1v) is 8.81. The van der Waals surface area contributed by atoms with Gasteiger partial charge in [-0.1, -0.05) is 29.8 Å². The molecule has 2 rings (SSSR count). The highest BCUT2D eigenvalue weighted by atomic mass is 35.5. The van der Waals surface area contributed by atoms with E-state index >= 15 is 0 Å². The molecule has 0 bridgehead atoms. The molecule has 1 N–H and O–H groups in total. The van der Waals surface area contributed by atoms with E-state index in [0.29, 0.717) is 16.5 Å². The van der Waals surface area contributed by atoms with Gasteiger partial charge in [0, 0.05) is 12.7 Å². The average molecular weight is 369 g/mol. The van der Waals surface area contributed by atoms with Crippen LogP contribution in [0.15, 0.2) is 53.4 Å². The fraction of sp³-hybridized carbons (Fsp3) is 0.188. The molecular formula is C16H17ClN2O4S. The van der Waals surface area contributed by atoms with Gasteiger partial charge in [-0.3, -0.25) is 4.79 Å². The number of nitrogens with zero attached hydrogens (tertiary/aromatic N) is 1. The SMILES string of the molecule is COc1ccc(NC(=O)CN(C)S(=O)(=O)c2ccccc2)cc1Cl. The fourth-order valence-corrected chi connectivity index (χ4v) is 3.41. The Kier molecular flexibility index (Phi) is 5.82. The van der Waals surface area contributed by atoms with Gasteiger partial charge in [-0.15, -0.1) is 0 Å². The Hall–Kier alpha value is -2.09. The van der Waals surface area contributed by atoms with Crippen LogP contribution in [0.2, 0.25) is 5.02 Å². The second-order valence-corrected chi connectivity index (χ2v) is 7.42. The molecule has 1 amide bonds. The zero-order chi connectivity index (χ0) is 17.7. The van der Waals surface area contributed by atoms with Crippen LogP contribution in [0.4, 0.5) is 5.69 Å². The number of anilines is 1. The molecule has 24 heavy (non-hydrogen) atoms. The summed E-state index contributed by atoms with van der Waals surface area (Å²) >= 11 is 5.99. The van der Waals surface area contributed by atoms with Crippen LogP contribution >= 0.6 is 11.6 Å². The van der Waals surface area contributed by atoms with E-state index in [4.69, 9.17) is 16.3 Å². The first kappa shape index (κ1) is 18.3. The number of sulfonamides is 1. The molecule has 0 spiro atoms. The molecule has 6 nitrogen and oxygen atoms in total. The molecule has 0 heterocycles. The van der Waals surface area contributed by atoms with E-state index in [1.165, 1.54) is 32.4 Å². The van der Waals surface area contributed by atoms with E-state index in [9.17, 15) is 13.2 Å². The van der Waals surface area contributed by atoms with E-state index in [2.05, 4.69) is 5.32 Å². The number of likely N-dealkylation sites (N-methyl/N-ethyl adjacent to an activating group) is 1. The minimum Gasteiger partial charge on any atom is -0.495 e. The zero-order valence-electron chi connectivity index (χ0n) is 13.2. The van der Waals surface area contributed by atoms with Gasteiger partial charge in [0.2, 0.25) is 15.9 Å². The summed E-state index contributed by atoms with van der Waals surface area (Å²) in [5.74, 6) is 0.0108. The summed E-state index contributed by atoms with van der Waals surface area (Å²) in [6.45, 7) is -0.319. The molecule has 2 aromatic rings. The Morgan fingerprint density at radius 3 is 2.46 bits per heavy atom. The standard InChI is InChI=1S/C16H17ClN2O4S/c1-19(24(21,22)13-6-4-3-5-7-13)11-16(20)18-12-8-9-15(23-2)14(17)10-12/h3-10H,11H2,1-2H3,(H,18,20). The van der Waals surface area contributed by atoms with Crippen molar-refractivity contribution < 1.29 is 17.9 Å². The first-order valence-electron chi connectivity index (χ1n) is 6.99. The normalized spacial score (nSPS) is 11.3. The van der Waals surface area contributed by atoms with Gasteiger partial charge in [-0.25, -0.2) is 8.42 Å². The molecule has 0 radical (unpaired) electrons. The van der Waals surface area contributed by atoms with Crippen molar-refractivity contribution in [3.05, 3.63) is 53.6 Å². The Morgan fingerprint density at radius 1 is 1.21 bits per heavy atom. The van der Waals surface area contributed by atoms with Crippen molar-refractivity contribution in [3.63, 3.8) is 0 Å². The third-order valence-corrected chi connectivity index (χ3v) is 5.37. The van der Waals surface area contributed by atoms with Crippen LogP contribution in [0.3, 0.4) is 0 Å². The van der Waals surface area contributed by atoms with Gasteiger partial charge < -0.3 is 10.1 Å². The molecule has 0 unspecified atom stereocenters. The molecule has 0 saturated heterocycles. The molecule has 0 aromatic heterocycles. The van der Waals surface area contributed by atoms with Gasteiger partial charge >= 0.3 is 0 Å². The number of hydrogen-bond donors (Lipinski definition) is 1. The van der Waals surface area contributed by atoms with E-state index in [1.54, 1.807) is 30.3 Å². The molecule has 2 aromatic carbocycles. The Labute approximate surface area is 146 Å². The van der Waals surface area contributed by atoms with Crippen LogP contribution in [0.5, 0.6) is 5.75 Å². The number of carbonyl (C=O) groups is 1. The minimum atomic E-state index is -3.72. The summed E-state index contributed by atoms with van der Waals surface area (Å²) in [6, 6.07) is 12.7. The summed E-state index contributed by atoms with van der Waals surface area (Å²) in [5.41, 5.74) is 0.455. The number of amides is 1. The van der Waals surface area contributed by atoms with Gasteiger partial charge in [0.05, 0.1) is 23.6 Å². The van der Waals surface area contributed by atoms with Crippen LogP contribution in [0, 0.1) is 0 Å². The van der Waals surface area contributed by atoms with E-state index < -0.39 is 15.9 Å². The third kappa shape index (κ3) is 4.25. The molecule has 0 fully saturated rings. The fourth-order valence-electron chi connectivity index (χ4n) is 2.00. The number of halogens is 1. The number of ether oxygens (including phenoxy) is 1. The molecule has 0 saturated carbocycles. The monoisotopic (exact) mass is 368 g/mol. The number of carbonyl (C=O) groups excluding carboxylic acids is 1. The average Bonchev–Trinajstić information content (AvgIpc) is 2.55. The second kappa shape index (κ2) is 7.65. The van der Waals surface area contributed by atoms with E-state index in [0.717, 1.165) is 4.31 Å². The quantitative estimate of drug-likeness (QED) is 0.850. The Morgan fingerprint density at radius 2 is 1.88 bits per heavy atom. The van der Waals surface area contributed by atoms with Crippen LogP contribution in [-0.4, -0.2) is 39.3 Å². The lowest BCUT2D eigenvalue weighted by Gasteiger charge is -2.17. The number of rotatable bonds is 6. The lowest BCUT2D eigenvalue weighted by Crippen LogP contribution is -2.34. The van der Waals surface area contributed by atoms with Crippen molar-refractivity contribution in [2.24, 2.45) is 0 Å². The Bertz CT molecular complexity index is 825. The van der Waals surface area contributed by atoms with Crippen LogP contribution in [-0.2, 0) is 14.8 Å². The molecule has 0 aliphatic rings. The summed E-state index contributed by atoms with van der Waals surface area (Å²) in [7, 11) is -0.880. The third-order valence-electron chi connectivity index (χ3n) is 3.25. The van der Waals surface area contributed by atoms with Crippen LogP contribution < -0.4 is 10.1 Å². The van der Waals surface area contributed by atoms with E-state index in [1.807, 2.05) is 0 Å². The van der Waals surface area contributed by atoms with Crippen molar-refractivity contribution in [1.29, 1.82) is 0 Å². The molecule has 0 aliphatic heterocycles. The largest absolute Gasteiger partial charge is 0.495 e. The first-order chi connectivity index (χ1) is 11.3. The minimum absolute atomic E-state index is 0.132. The lowest BCUT2D eigenvalue weighted by atomic mass is 10.3. The maximum Gasteiger partial charge on any atom is 0.243 e. The molecule has 8 heteroatoms. The summed E-state index contributed by atoms with van der Waals surface area (Å²) in [6.07, 6.45) is 0. The maximum absolute atomic E-state index is 12.4. The summed E-state index contributed by atoms with van der Waals surface area (Å²) < 4.78 is 30.8. The van der Waals surface area contributed by atoms with Gasteiger partial charge in [0.1, 0.15) is 5.75 Å². The number of nitrogens with one attached hydrogen (secondary N) is 1. The van der Waals surface area contributed by atoms with Crippen molar-refractivity contribution in [2.75, 3.05) is 26.0 Å². The number of benzene rings is 2. The zero-order valence-corrected chi connectivity index (χ0v) is 14.8. The highest BCUT2D eigenvalue weighted by Crippen LogP contribution is 2.27. The van der Waals surface area contributed by atoms with Crippen LogP contribution in [0.1, 0.15) is 0 Å². The van der Waals surface area contributed by atoms with Crippen molar-refractivity contribution in [3.8, 4) is 5.75 Å². The molecule has 0 atom stereocenters. The Balaban J connectivity index is 2.05. The second-order valence-electron chi connectivity index (χ2n) is 4.97. The van der Waals surface area contributed by atoms with Gasteiger partial charge in [-0.2, -0.15) is 4.31 Å². The highest BCUT2D eigenvalue weighted by Gasteiger charge is 2.22. The molecular weight excluding hydrogens is 352 g/mol. The van der Waals surface area contributed by atoms with Crippen LogP contribution in [0.25, 0.3) is 0 Å². The van der Waals surface area contributed by atoms with Crippen molar-refractivity contribution >= 4 is 33.2 Å². The molecule has 0 aliphatic carbocycles. The number of hydrogen-bond acceptors (Lipinski definition) is 4. The van der Waals surface area contributed by atoms with E-state index in [-0.39, 0.29) is 11.4 Å².